The van der Waals surface area contributed by atoms with Crippen LogP contribution in [0, 0.1) is 0 Å². The molecule has 0 aliphatic rings. The van der Waals surface area contributed by atoms with E-state index < -0.39 is 11.9 Å². The lowest BCUT2D eigenvalue weighted by atomic mass is 10.2. The molecule has 2 rings (SSSR count). The SMILES string of the molecule is O=C(O)c1ccc(Oc2cccc(C(=O)O)c2)cc1. The quantitative estimate of drug-likeness (QED) is 0.880. The molecule has 0 saturated carbocycles. The molecule has 5 heteroatoms. The Morgan fingerprint density at radius 3 is 2.00 bits per heavy atom. The van der Waals surface area contributed by atoms with E-state index in [-0.39, 0.29) is 11.1 Å². The third-order valence-corrected chi connectivity index (χ3v) is 2.42. The summed E-state index contributed by atoms with van der Waals surface area (Å²) in [5, 5.41) is 17.6. The number of aromatic carboxylic acids is 2. The van der Waals surface area contributed by atoms with Crippen LogP contribution in [-0.4, -0.2) is 22.2 Å². The molecule has 0 aromatic heterocycles. The molecule has 0 amide bonds. The summed E-state index contributed by atoms with van der Waals surface area (Å²) in [6, 6.07) is 11.9. The van der Waals surface area contributed by atoms with E-state index in [1.807, 2.05) is 0 Å². The van der Waals surface area contributed by atoms with Crippen LogP contribution in [0.5, 0.6) is 11.5 Å². The van der Waals surface area contributed by atoms with Crippen molar-refractivity contribution >= 4 is 11.9 Å². The zero-order valence-corrected chi connectivity index (χ0v) is 9.74. The Bertz CT molecular complexity index is 616. The summed E-state index contributed by atoms with van der Waals surface area (Å²) in [6.07, 6.45) is 0. The van der Waals surface area contributed by atoms with E-state index in [9.17, 15) is 9.59 Å². The van der Waals surface area contributed by atoms with Crippen molar-refractivity contribution in [3.63, 3.8) is 0 Å². The van der Waals surface area contributed by atoms with E-state index in [0.717, 1.165) is 0 Å². The van der Waals surface area contributed by atoms with Gasteiger partial charge in [-0.25, -0.2) is 9.59 Å². The Morgan fingerprint density at radius 1 is 0.789 bits per heavy atom. The molecule has 0 fully saturated rings. The van der Waals surface area contributed by atoms with Crippen LogP contribution in [-0.2, 0) is 0 Å². The van der Waals surface area contributed by atoms with Crippen LogP contribution in [0.1, 0.15) is 20.7 Å². The molecule has 96 valence electrons. The number of hydrogen-bond acceptors (Lipinski definition) is 3. The standard InChI is InChI=1S/C14H10O5/c15-13(16)9-4-6-11(7-5-9)19-12-3-1-2-10(8-12)14(17)18/h1-8H,(H,15,16)(H,17,18). The van der Waals surface area contributed by atoms with Crippen LogP contribution in [0.2, 0.25) is 0 Å². The number of ether oxygens (including phenoxy) is 1. The van der Waals surface area contributed by atoms with Crippen molar-refractivity contribution in [2.75, 3.05) is 0 Å². The topological polar surface area (TPSA) is 83.8 Å². The Morgan fingerprint density at radius 2 is 1.42 bits per heavy atom. The van der Waals surface area contributed by atoms with Gasteiger partial charge in [0.25, 0.3) is 0 Å². The molecule has 19 heavy (non-hydrogen) atoms. The van der Waals surface area contributed by atoms with Crippen LogP contribution in [0.3, 0.4) is 0 Å². The van der Waals surface area contributed by atoms with Crippen LogP contribution in [0.25, 0.3) is 0 Å². The van der Waals surface area contributed by atoms with Gasteiger partial charge in [0.15, 0.2) is 0 Å². The highest BCUT2D eigenvalue weighted by Crippen LogP contribution is 2.22. The summed E-state index contributed by atoms with van der Waals surface area (Å²) in [5.74, 6) is -1.23. The van der Waals surface area contributed by atoms with E-state index in [1.165, 1.54) is 36.4 Å². The largest absolute Gasteiger partial charge is 0.478 e. The van der Waals surface area contributed by atoms with E-state index >= 15 is 0 Å². The minimum absolute atomic E-state index is 0.125. The lowest BCUT2D eigenvalue weighted by Gasteiger charge is -2.06. The van der Waals surface area contributed by atoms with Gasteiger partial charge in [-0.1, -0.05) is 6.07 Å². The van der Waals surface area contributed by atoms with Gasteiger partial charge in [-0.15, -0.1) is 0 Å². The number of carboxylic acid groups (broad SMARTS) is 2. The number of carbonyl (C=O) groups is 2. The molecule has 0 radical (unpaired) electrons. The zero-order chi connectivity index (χ0) is 13.8. The van der Waals surface area contributed by atoms with Gasteiger partial charge in [-0.2, -0.15) is 0 Å². The second-order valence-corrected chi connectivity index (χ2v) is 3.76. The van der Waals surface area contributed by atoms with Crippen molar-refractivity contribution < 1.29 is 24.5 Å². The molecule has 2 N–H and O–H groups in total. The molecule has 0 spiro atoms. The van der Waals surface area contributed by atoms with Crippen molar-refractivity contribution in [1.29, 1.82) is 0 Å². The Kier molecular flexibility index (Phi) is 3.47. The van der Waals surface area contributed by atoms with Gasteiger partial charge >= 0.3 is 11.9 Å². The van der Waals surface area contributed by atoms with Crippen molar-refractivity contribution in [2.24, 2.45) is 0 Å². The maximum absolute atomic E-state index is 10.8. The first kappa shape index (κ1) is 12.6. The fourth-order valence-electron chi connectivity index (χ4n) is 1.49. The molecule has 2 aromatic carbocycles. The molecule has 0 heterocycles. The van der Waals surface area contributed by atoms with Crippen LogP contribution < -0.4 is 4.74 Å². The van der Waals surface area contributed by atoms with E-state index in [1.54, 1.807) is 12.1 Å². The third kappa shape index (κ3) is 3.10. The van der Waals surface area contributed by atoms with Crippen molar-refractivity contribution in [1.82, 2.24) is 0 Å². The summed E-state index contributed by atoms with van der Waals surface area (Å²) < 4.78 is 5.45. The first-order valence-electron chi connectivity index (χ1n) is 5.41. The predicted molar refractivity (Wildman–Crippen MR) is 66.9 cm³/mol. The van der Waals surface area contributed by atoms with Crippen LogP contribution >= 0.6 is 0 Å². The lowest BCUT2D eigenvalue weighted by molar-refractivity contribution is 0.0685. The monoisotopic (exact) mass is 258 g/mol. The number of rotatable bonds is 4. The van der Waals surface area contributed by atoms with E-state index in [0.29, 0.717) is 11.5 Å². The fraction of sp³-hybridized carbons (Fsp3) is 0. The molecular formula is C14H10O5. The smallest absolute Gasteiger partial charge is 0.335 e. The first-order chi connectivity index (χ1) is 9.06. The summed E-state index contributed by atoms with van der Waals surface area (Å²) >= 11 is 0. The molecule has 0 unspecified atom stereocenters. The molecule has 5 nitrogen and oxygen atoms in total. The Labute approximate surface area is 108 Å². The second-order valence-electron chi connectivity index (χ2n) is 3.76. The highest BCUT2D eigenvalue weighted by atomic mass is 16.5. The average Bonchev–Trinajstić information content (AvgIpc) is 2.39. The maximum atomic E-state index is 10.8. The van der Waals surface area contributed by atoms with Crippen LogP contribution in [0.4, 0.5) is 0 Å². The third-order valence-electron chi connectivity index (χ3n) is 2.42. The van der Waals surface area contributed by atoms with Gasteiger partial charge in [0.2, 0.25) is 0 Å². The summed E-state index contributed by atoms with van der Waals surface area (Å²) in [6.45, 7) is 0. The number of hydrogen-bond donors (Lipinski definition) is 2. The number of carboxylic acids is 2. The molecule has 0 aliphatic heterocycles. The Hall–Kier alpha value is -2.82. The van der Waals surface area contributed by atoms with Gasteiger partial charge in [0.1, 0.15) is 11.5 Å². The average molecular weight is 258 g/mol. The van der Waals surface area contributed by atoms with Gasteiger partial charge < -0.3 is 14.9 Å². The molecular weight excluding hydrogens is 248 g/mol. The molecule has 2 aromatic rings. The molecule has 0 saturated heterocycles. The van der Waals surface area contributed by atoms with Gasteiger partial charge in [-0.05, 0) is 42.5 Å². The van der Waals surface area contributed by atoms with E-state index in [4.69, 9.17) is 14.9 Å². The Balaban J connectivity index is 2.19. The second kappa shape index (κ2) is 5.22. The maximum Gasteiger partial charge on any atom is 0.335 e. The lowest BCUT2D eigenvalue weighted by Crippen LogP contribution is -1.97. The van der Waals surface area contributed by atoms with E-state index in [2.05, 4.69) is 0 Å². The molecule has 0 bridgehead atoms. The summed E-state index contributed by atoms with van der Waals surface area (Å²) in [7, 11) is 0. The summed E-state index contributed by atoms with van der Waals surface area (Å²) in [5.41, 5.74) is 0.284. The van der Waals surface area contributed by atoms with Crippen molar-refractivity contribution in [3.8, 4) is 11.5 Å². The van der Waals surface area contributed by atoms with Crippen LogP contribution in [0.15, 0.2) is 48.5 Å². The highest BCUT2D eigenvalue weighted by Gasteiger charge is 2.06. The molecule has 0 aliphatic carbocycles. The highest BCUT2D eigenvalue weighted by molar-refractivity contribution is 5.88. The zero-order valence-electron chi connectivity index (χ0n) is 9.74. The molecule has 0 atom stereocenters. The fourth-order valence-corrected chi connectivity index (χ4v) is 1.49. The number of benzene rings is 2. The van der Waals surface area contributed by atoms with Crippen molar-refractivity contribution in [2.45, 2.75) is 0 Å². The van der Waals surface area contributed by atoms with Crippen molar-refractivity contribution in [3.05, 3.63) is 59.7 Å². The normalized spacial score (nSPS) is 9.89. The minimum atomic E-state index is -1.04. The van der Waals surface area contributed by atoms with Gasteiger partial charge in [-0.3, -0.25) is 0 Å². The first-order valence-corrected chi connectivity index (χ1v) is 5.41. The minimum Gasteiger partial charge on any atom is -0.478 e. The van der Waals surface area contributed by atoms with Gasteiger partial charge in [0, 0.05) is 0 Å². The predicted octanol–water partition coefficient (Wildman–Crippen LogP) is 2.88. The van der Waals surface area contributed by atoms with Gasteiger partial charge in [0.05, 0.1) is 11.1 Å². The summed E-state index contributed by atoms with van der Waals surface area (Å²) in [4.78, 5) is 21.5.